The first kappa shape index (κ1) is 20.4. The van der Waals surface area contributed by atoms with Crippen molar-refractivity contribution in [3.63, 3.8) is 0 Å². The van der Waals surface area contributed by atoms with Crippen LogP contribution in [-0.2, 0) is 16.1 Å². The Morgan fingerprint density at radius 1 is 1.18 bits per heavy atom. The van der Waals surface area contributed by atoms with Gasteiger partial charge in [-0.05, 0) is 25.0 Å². The maximum absolute atomic E-state index is 12.5. The van der Waals surface area contributed by atoms with E-state index < -0.39 is 0 Å². The topological polar surface area (TPSA) is 84.3 Å². The number of halogens is 2. The zero-order valence-corrected chi connectivity index (χ0v) is 16.9. The van der Waals surface area contributed by atoms with E-state index in [0.717, 1.165) is 5.56 Å². The Hall–Kier alpha value is -2.38. The van der Waals surface area contributed by atoms with Crippen molar-refractivity contribution in [2.75, 3.05) is 13.1 Å². The van der Waals surface area contributed by atoms with E-state index in [2.05, 4.69) is 10.4 Å². The minimum Gasteiger partial charge on any atom is -0.352 e. The van der Waals surface area contributed by atoms with Crippen LogP contribution in [0.1, 0.15) is 40.9 Å². The average Bonchev–Trinajstić information content (AvgIpc) is 3.12. The molecular weight excluding hydrogens is 403 g/mol. The van der Waals surface area contributed by atoms with Crippen LogP contribution in [0.15, 0.2) is 24.3 Å². The molecule has 28 heavy (non-hydrogen) atoms. The number of hydrogen-bond acceptors (Lipinski definition) is 4. The molecule has 148 valence electrons. The molecule has 2 aromatic rings. The van der Waals surface area contributed by atoms with Crippen LogP contribution in [0.5, 0.6) is 0 Å². The summed E-state index contributed by atoms with van der Waals surface area (Å²) in [6.07, 6.45) is 1.02. The Morgan fingerprint density at radius 2 is 1.86 bits per heavy atom. The Balaban J connectivity index is 1.59. The monoisotopic (exact) mass is 422 g/mol. The Morgan fingerprint density at radius 3 is 2.54 bits per heavy atom. The minimum atomic E-state index is -0.341. The van der Waals surface area contributed by atoms with Gasteiger partial charge in [0.15, 0.2) is 0 Å². The average molecular weight is 423 g/mol. The molecule has 1 aromatic heterocycles. The number of carbonyl (C=O) groups excluding carboxylic acids is 3. The van der Waals surface area contributed by atoms with Crippen LogP contribution in [0.2, 0.25) is 10.2 Å². The second kappa shape index (κ2) is 8.75. The molecule has 0 saturated carbocycles. The summed E-state index contributed by atoms with van der Waals surface area (Å²) in [5, 5.41) is 7.95. The molecule has 0 radical (unpaired) electrons. The number of rotatable bonds is 7. The largest absolute Gasteiger partial charge is 0.352 e. The molecule has 0 unspecified atom stereocenters. The predicted octanol–water partition coefficient (Wildman–Crippen LogP) is 2.82. The van der Waals surface area contributed by atoms with Gasteiger partial charge in [-0.3, -0.25) is 19.3 Å². The molecule has 3 rings (SSSR count). The number of nitrogens with zero attached hydrogens (tertiary/aromatic N) is 3. The molecule has 1 aliphatic heterocycles. The molecular formula is C19H20Cl2N4O3. The zero-order chi connectivity index (χ0) is 20.3. The predicted molar refractivity (Wildman–Crippen MR) is 105 cm³/mol. The van der Waals surface area contributed by atoms with Crippen LogP contribution >= 0.6 is 23.2 Å². The van der Waals surface area contributed by atoms with Crippen LogP contribution in [-0.4, -0.2) is 45.5 Å². The quantitative estimate of drug-likeness (QED) is 0.549. The molecule has 0 aliphatic carbocycles. The number of carbonyl (C=O) groups is 3. The fraction of sp³-hybridized carbons (Fsp3) is 0.368. The molecule has 1 aliphatic rings. The van der Waals surface area contributed by atoms with Crippen LogP contribution in [0, 0.1) is 6.92 Å². The molecule has 1 N–H and O–H groups in total. The number of likely N-dealkylation sites (tertiary alicyclic amines) is 1. The highest BCUT2D eigenvalue weighted by molar-refractivity contribution is 6.33. The van der Waals surface area contributed by atoms with Gasteiger partial charge in [0.2, 0.25) is 11.8 Å². The van der Waals surface area contributed by atoms with E-state index in [1.807, 2.05) is 18.2 Å². The summed E-state index contributed by atoms with van der Waals surface area (Å²) in [5.41, 5.74) is 1.67. The van der Waals surface area contributed by atoms with Gasteiger partial charge in [0.1, 0.15) is 5.15 Å². The normalized spacial score (nSPS) is 14.0. The summed E-state index contributed by atoms with van der Waals surface area (Å²) in [5.74, 6) is -0.654. The van der Waals surface area contributed by atoms with Gasteiger partial charge in [-0.25, -0.2) is 4.68 Å². The van der Waals surface area contributed by atoms with Gasteiger partial charge in [0, 0.05) is 31.0 Å². The highest BCUT2D eigenvalue weighted by Gasteiger charge is 2.28. The Labute approximate surface area is 172 Å². The third-order valence-corrected chi connectivity index (χ3v) is 5.32. The molecule has 1 aromatic carbocycles. The maximum Gasteiger partial charge on any atom is 0.256 e. The lowest BCUT2D eigenvalue weighted by molar-refractivity contribution is -0.138. The third-order valence-electron chi connectivity index (χ3n) is 4.57. The van der Waals surface area contributed by atoms with Gasteiger partial charge in [-0.1, -0.05) is 41.4 Å². The number of amides is 3. The van der Waals surface area contributed by atoms with Crippen molar-refractivity contribution in [2.45, 2.75) is 32.7 Å². The Bertz CT molecular complexity index is 910. The highest BCUT2D eigenvalue weighted by Crippen LogP contribution is 2.23. The first-order chi connectivity index (χ1) is 13.4. The van der Waals surface area contributed by atoms with Gasteiger partial charge < -0.3 is 5.32 Å². The Kier molecular flexibility index (Phi) is 6.36. The van der Waals surface area contributed by atoms with Crippen molar-refractivity contribution in [3.8, 4) is 0 Å². The van der Waals surface area contributed by atoms with Crippen molar-refractivity contribution in [1.82, 2.24) is 20.0 Å². The number of benzene rings is 1. The van der Waals surface area contributed by atoms with Crippen molar-refractivity contribution in [3.05, 3.63) is 51.3 Å². The third kappa shape index (κ3) is 4.36. The summed E-state index contributed by atoms with van der Waals surface area (Å²) in [7, 11) is 0. The fourth-order valence-corrected chi connectivity index (χ4v) is 3.62. The smallest absolute Gasteiger partial charge is 0.256 e. The lowest BCUT2D eigenvalue weighted by atomic mass is 10.2. The zero-order valence-electron chi connectivity index (χ0n) is 15.4. The summed E-state index contributed by atoms with van der Waals surface area (Å²) >= 11 is 12.6. The first-order valence-corrected chi connectivity index (χ1v) is 9.71. The SMILES string of the molecule is Cc1nn(Cc2ccccc2Cl)c(Cl)c1C(=O)NCCCN1C(=O)CCC1=O. The van der Waals surface area contributed by atoms with E-state index in [-0.39, 0.29) is 35.7 Å². The molecule has 0 atom stereocenters. The van der Waals surface area contributed by atoms with E-state index in [4.69, 9.17) is 23.2 Å². The fourth-order valence-electron chi connectivity index (χ4n) is 3.10. The second-order valence-corrected chi connectivity index (χ2v) is 7.31. The minimum absolute atomic E-state index is 0.156. The molecule has 0 bridgehead atoms. The van der Waals surface area contributed by atoms with Crippen molar-refractivity contribution < 1.29 is 14.4 Å². The van der Waals surface area contributed by atoms with Crippen LogP contribution in [0.4, 0.5) is 0 Å². The molecule has 3 amide bonds. The van der Waals surface area contributed by atoms with E-state index in [1.54, 1.807) is 13.0 Å². The van der Waals surface area contributed by atoms with Crippen LogP contribution in [0.25, 0.3) is 0 Å². The molecule has 0 spiro atoms. The standard InChI is InChI=1S/C19H20Cl2N4O3/c1-12-17(18(21)25(23-12)11-13-5-2-3-6-14(13)20)19(28)22-9-4-10-24-15(26)7-8-16(24)27/h2-3,5-6H,4,7-11H2,1H3,(H,22,28). The second-order valence-electron chi connectivity index (χ2n) is 6.55. The summed E-state index contributed by atoms with van der Waals surface area (Å²) in [6, 6.07) is 7.36. The summed E-state index contributed by atoms with van der Waals surface area (Å²) < 4.78 is 1.54. The van der Waals surface area contributed by atoms with Gasteiger partial charge in [-0.2, -0.15) is 5.10 Å². The van der Waals surface area contributed by atoms with Crippen LogP contribution < -0.4 is 5.32 Å². The first-order valence-electron chi connectivity index (χ1n) is 8.96. The lowest BCUT2D eigenvalue weighted by Gasteiger charge is -2.13. The lowest BCUT2D eigenvalue weighted by Crippen LogP contribution is -2.33. The van der Waals surface area contributed by atoms with Crippen molar-refractivity contribution in [1.29, 1.82) is 0 Å². The van der Waals surface area contributed by atoms with E-state index in [1.165, 1.54) is 9.58 Å². The van der Waals surface area contributed by atoms with Crippen LogP contribution in [0.3, 0.4) is 0 Å². The van der Waals surface area contributed by atoms with Gasteiger partial charge >= 0.3 is 0 Å². The number of aromatic nitrogens is 2. The number of hydrogen-bond donors (Lipinski definition) is 1. The maximum atomic E-state index is 12.5. The summed E-state index contributed by atoms with van der Waals surface area (Å²) in [6.45, 7) is 2.69. The van der Waals surface area contributed by atoms with E-state index in [9.17, 15) is 14.4 Å². The van der Waals surface area contributed by atoms with Crippen molar-refractivity contribution in [2.24, 2.45) is 0 Å². The van der Waals surface area contributed by atoms with Gasteiger partial charge in [-0.15, -0.1) is 0 Å². The van der Waals surface area contributed by atoms with E-state index >= 15 is 0 Å². The number of imide groups is 1. The number of nitrogens with one attached hydrogen (secondary N) is 1. The molecule has 1 fully saturated rings. The van der Waals surface area contributed by atoms with Crippen molar-refractivity contribution >= 4 is 40.9 Å². The van der Waals surface area contributed by atoms with Gasteiger partial charge in [0.05, 0.1) is 17.8 Å². The van der Waals surface area contributed by atoms with E-state index in [0.29, 0.717) is 42.3 Å². The highest BCUT2D eigenvalue weighted by atomic mass is 35.5. The molecule has 9 heteroatoms. The molecule has 7 nitrogen and oxygen atoms in total. The number of aryl methyl sites for hydroxylation is 1. The van der Waals surface area contributed by atoms with Gasteiger partial charge in [0.25, 0.3) is 5.91 Å². The molecule has 1 saturated heterocycles. The summed E-state index contributed by atoms with van der Waals surface area (Å²) in [4.78, 5) is 36.9. The molecule has 2 heterocycles.